The Balaban J connectivity index is 4.02. The van der Waals surface area contributed by atoms with Gasteiger partial charge in [0.25, 0.3) is 0 Å². The zero-order valence-electron chi connectivity index (χ0n) is 11.7. The van der Waals surface area contributed by atoms with Gasteiger partial charge in [-0.05, 0) is 18.3 Å². The number of aliphatic carboxylic acids is 1. The molecule has 7 nitrogen and oxygen atoms in total. The molecule has 0 aliphatic heterocycles. The molecule has 0 spiro atoms. The second-order valence-corrected chi connectivity index (χ2v) is 5.46. The van der Waals surface area contributed by atoms with Gasteiger partial charge in [-0.2, -0.15) is 0 Å². The van der Waals surface area contributed by atoms with Gasteiger partial charge in [-0.1, -0.05) is 20.8 Å². The van der Waals surface area contributed by atoms with Gasteiger partial charge in [-0.3, -0.25) is 4.79 Å². The van der Waals surface area contributed by atoms with Gasteiger partial charge >= 0.3 is 12.0 Å². The van der Waals surface area contributed by atoms with Crippen molar-refractivity contribution in [2.24, 2.45) is 11.1 Å². The van der Waals surface area contributed by atoms with Gasteiger partial charge in [0, 0.05) is 13.0 Å². The molecule has 0 unspecified atom stereocenters. The molecule has 0 bridgehead atoms. The van der Waals surface area contributed by atoms with E-state index in [1.54, 1.807) is 20.8 Å². The molecule has 5 N–H and O–H groups in total. The predicted molar refractivity (Wildman–Crippen MR) is 70.5 cm³/mol. The summed E-state index contributed by atoms with van der Waals surface area (Å²) in [5.41, 5.74) is 4.40. The summed E-state index contributed by atoms with van der Waals surface area (Å²) in [6.45, 7) is 5.58. The van der Waals surface area contributed by atoms with Crippen molar-refractivity contribution in [1.82, 2.24) is 10.6 Å². The van der Waals surface area contributed by atoms with Crippen LogP contribution in [0.5, 0.6) is 0 Å². The number of primary amides is 1. The first kappa shape index (κ1) is 17.2. The van der Waals surface area contributed by atoms with E-state index in [1.165, 1.54) is 0 Å². The van der Waals surface area contributed by atoms with Crippen LogP contribution in [0.1, 0.15) is 40.0 Å². The number of hydrogen-bond donors (Lipinski definition) is 4. The van der Waals surface area contributed by atoms with Crippen molar-refractivity contribution in [2.45, 2.75) is 46.1 Å². The normalized spacial score (nSPS) is 12.6. The van der Waals surface area contributed by atoms with Crippen molar-refractivity contribution in [2.75, 3.05) is 6.54 Å². The summed E-state index contributed by atoms with van der Waals surface area (Å²) >= 11 is 0. The number of urea groups is 1. The van der Waals surface area contributed by atoms with Crippen molar-refractivity contribution in [1.29, 1.82) is 0 Å². The second-order valence-electron chi connectivity index (χ2n) is 5.46. The molecule has 0 aromatic carbocycles. The minimum atomic E-state index is -1.07. The molecule has 0 aromatic heterocycles. The zero-order valence-corrected chi connectivity index (χ0v) is 11.7. The third kappa shape index (κ3) is 8.01. The second kappa shape index (κ2) is 7.60. The first-order valence-corrected chi connectivity index (χ1v) is 6.20. The Morgan fingerprint density at radius 2 is 1.79 bits per heavy atom. The molecule has 0 fully saturated rings. The number of amides is 3. The Hall–Kier alpha value is -1.79. The maximum absolute atomic E-state index is 11.5. The van der Waals surface area contributed by atoms with Gasteiger partial charge in [-0.15, -0.1) is 0 Å². The topological polar surface area (TPSA) is 122 Å². The third-order valence-electron chi connectivity index (χ3n) is 2.52. The number of nitrogens with one attached hydrogen (secondary N) is 2. The highest BCUT2D eigenvalue weighted by atomic mass is 16.4. The average molecular weight is 273 g/mol. The average Bonchev–Trinajstić information content (AvgIpc) is 2.23. The van der Waals surface area contributed by atoms with E-state index in [4.69, 9.17) is 10.8 Å². The molecule has 7 heteroatoms. The fraction of sp³-hybridized carbons (Fsp3) is 0.750. The van der Waals surface area contributed by atoms with Crippen molar-refractivity contribution >= 4 is 17.9 Å². The van der Waals surface area contributed by atoms with Gasteiger partial charge in [0.05, 0.1) is 0 Å². The predicted octanol–water partition coefficient (Wildman–Crippen LogP) is 0.441. The zero-order chi connectivity index (χ0) is 15.1. The number of carboxylic acid groups (broad SMARTS) is 1. The molecule has 0 aromatic rings. The molecule has 1 atom stereocenters. The molecule has 0 aliphatic carbocycles. The first-order valence-electron chi connectivity index (χ1n) is 6.20. The molecule has 3 amide bonds. The van der Waals surface area contributed by atoms with E-state index in [0.29, 0.717) is 19.4 Å². The number of hydrogen-bond acceptors (Lipinski definition) is 3. The van der Waals surface area contributed by atoms with E-state index in [-0.39, 0.29) is 12.3 Å². The standard InChI is InChI=1S/C12H23N3O4/c1-12(2,3)9(10(17)18)15-11(19)14-7-5-4-6-8(13)16/h9H,4-7H2,1-3H3,(H2,13,16)(H,17,18)(H2,14,15,19)/t9-/m1/s1. The summed E-state index contributed by atoms with van der Waals surface area (Å²) < 4.78 is 0. The molecule has 0 heterocycles. The largest absolute Gasteiger partial charge is 0.480 e. The minimum absolute atomic E-state index is 0.281. The number of carboxylic acids is 1. The molecule has 0 radical (unpaired) electrons. The molecule has 110 valence electrons. The summed E-state index contributed by atoms with van der Waals surface area (Å²) in [4.78, 5) is 33.0. The molecule has 0 saturated carbocycles. The van der Waals surface area contributed by atoms with E-state index >= 15 is 0 Å². The number of carbonyl (C=O) groups is 3. The number of unbranched alkanes of at least 4 members (excludes halogenated alkanes) is 1. The monoisotopic (exact) mass is 273 g/mol. The van der Waals surface area contributed by atoms with Crippen molar-refractivity contribution < 1.29 is 19.5 Å². The maximum atomic E-state index is 11.5. The first-order chi connectivity index (χ1) is 8.64. The summed E-state index contributed by atoms with van der Waals surface area (Å²) in [6, 6.07) is -1.49. The third-order valence-corrected chi connectivity index (χ3v) is 2.52. The summed E-state index contributed by atoms with van der Waals surface area (Å²) in [7, 11) is 0. The smallest absolute Gasteiger partial charge is 0.326 e. The van der Waals surface area contributed by atoms with E-state index in [2.05, 4.69) is 10.6 Å². The Bertz CT molecular complexity index is 336. The van der Waals surface area contributed by atoms with Crippen LogP contribution in [-0.2, 0) is 9.59 Å². The van der Waals surface area contributed by atoms with Gasteiger partial charge < -0.3 is 21.5 Å². The lowest BCUT2D eigenvalue weighted by molar-refractivity contribution is -0.141. The van der Waals surface area contributed by atoms with Gasteiger partial charge in [0.2, 0.25) is 5.91 Å². The number of rotatable bonds is 7. The fourth-order valence-electron chi connectivity index (χ4n) is 1.46. The van der Waals surface area contributed by atoms with Gasteiger partial charge in [0.1, 0.15) is 6.04 Å². The fourth-order valence-corrected chi connectivity index (χ4v) is 1.46. The highest BCUT2D eigenvalue weighted by Gasteiger charge is 2.32. The van der Waals surface area contributed by atoms with Crippen LogP contribution >= 0.6 is 0 Å². The lowest BCUT2D eigenvalue weighted by Crippen LogP contribution is -2.52. The Morgan fingerprint density at radius 1 is 1.21 bits per heavy atom. The van der Waals surface area contributed by atoms with E-state index < -0.39 is 23.5 Å². The number of nitrogens with two attached hydrogens (primary N) is 1. The van der Waals surface area contributed by atoms with Crippen molar-refractivity contribution in [3.63, 3.8) is 0 Å². The van der Waals surface area contributed by atoms with Crippen molar-refractivity contribution in [3.05, 3.63) is 0 Å². The van der Waals surface area contributed by atoms with E-state index in [9.17, 15) is 14.4 Å². The lowest BCUT2D eigenvalue weighted by atomic mass is 9.87. The van der Waals surface area contributed by atoms with E-state index in [1.807, 2.05) is 0 Å². The number of carbonyl (C=O) groups excluding carboxylic acids is 2. The molecule has 0 saturated heterocycles. The van der Waals surface area contributed by atoms with Crippen LogP contribution in [-0.4, -0.2) is 35.6 Å². The van der Waals surface area contributed by atoms with E-state index in [0.717, 1.165) is 0 Å². The van der Waals surface area contributed by atoms with Crippen LogP contribution in [0.4, 0.5) is 4.79 Å². The van der Waals surface area contributed by atoms with Crippen molar-refractivity contribution in [3.8, 4) is 0 Å². The quantitative estimate of drug-likeness (QED) is 0.503. The molecule has 19 heavy (non-hydrogen) atoms. The molecule has 0 aliphatic rings. The Kier molecular flexibility index (Phi) is 6.89. The molecular weight excluding hydrogens is 250 g/mol. The molecular formula is C12H23N3O4. The summed E-state index contributed by atoms with van der Waals surface area (Å²) in [6.07, 6.45) is 1.49. The highest BCUT2D eigenvalue weighted by Crippen LogP contribution is 2.19. The van der Waals surface area contributed by atoms with Crippen LogP contribution < -0.4 is 16.4 Å². The lowest BCUT2D eigenvalue weighted by Gasteiger charge is -2.27. The molecule has 0 rings (SSSR count). The maximum Gasteiger partial charge on any atom is 0.326 e. The summed E-state index contributed by atoms with van der Waals surface area (Å²) in [5, 5.41) is 14.0. The SMILES string of the molecule is CC(C)(C)[C@H](NC(=O)NCCCCC(N)=O)C(=O)O. The van der Waals surface area contributed by atoms with Crippen LogP contribution in [0, 0.1) is 5.41 Å². The van der Waals surface area contributed by atoms with Crippen LogP contribution in [0.25, 0.3) is 0 Å². The minimum Gasteiger partial charge on any atom is -0.480 e. The van der Waals surface area contributed by atoms with Crippen LogP contribution in [0.3, 0.4) is 0 Å². The highest BCUT2D eigenvalue weighted by molar-refractivity contribution is 5.83. The van der Waals surface area contributed by atoms with Gasteiger partial charge in [0.15, 0.2) is 0 Å². The Labute approximate surface area is 112 Å². The Morgan fingerprint density at radius 3 is 2.21 bits per heavy atom. The summed E-state index contributed by atoms with van der Waals surface area (Å²) in [5.74, 6) is -1.44. The van der Waals surface area contributed by atoms with Crippen LogP contribution in [0.2, 0.25) is 0 Å². The van der Waals surface area contributed by atoms with Crippen LogP contribution in [0.15, 0.2) is 0 Å². The van der Waals surface area contributed by atoms with Gasteiger partial charge in [-0.25, -0.2) is 9.59 Å².